The average Bonchev–Trinajstić information content (AvgIpc) is 2.90. The Morgan fingerprint density at radius 3 is 2.79 bits per heavy atom. The van der Waals surface area contributed by atoms with Crippen LogP contribution in [-0.4, -0.2) is 10.9 Å². The van der Waals surface area contributed by atoms with Crippen molar-refractivity contribution in [1.29, 1.82) is 0 Å². The number of rotatable bonds is 4. The number of anilines is 1. The molecule has 0 spiro atoms. The van der Waals surface area contributed by atoms with Crippen molar-refractivity contribution in [3.63, 3.8) is 0 Å². The van der Waals surface area contributed by atoms with Gasteiger partial charge in [0.15, 0.2) is 5.58 Å². The van der Waals surface area contributed by atoms with E-state index in [9.17, 15) is 4.79 Å². The number of oxazole rings is 1. The fraction of sp³-hybridized carbons (Fsp3) is 0.222. The third-order valence-corrected chi connectivity index (χ3v) is 3.90. The summed E-state index contributed by atoms with van der Waals surface area (Å²) in [6, 6.07) is 10.7. The molecule has 2 aromatic carbocycles. The molecule has 0 atom stereocenters. The van der Waals surface area contributed by atoms with Crippen molar-refractivity contribution < 1.29 is 9.21 Å². The van der Waals surface area contributed by atoms with Gasteiger partial charge in [-0.2, -0.15) is 0 Å². The summed E-state index contributed by atoms with van der Waals surface area (Å²) >= 11 is 12.1. The van der Waals surface area contributed by atoms with Crippen molar-refractivity contribution >= 4 is 45.9 Å². The molecular formula is C18H16Cl2N2O2. The van der Waals surface area contributed by atoms with Crippen molar-refractivity contribution in [2.45, 2.75) is 20.3 Å². The molecule has 1 aromatic heterocycles. The molecule has 4 nitrogen and oxygen atoms in total. The molecule has 3 aromatic rings. The van der Waals surface area contributed by atoms with Gasteiger partial charge in [0.1, 0.15) is 5.52 Å². The lowest BCUT2D eigenvalue weighted by Crippen LogP contribution is -2.13. The number of benzene rings is 2. The van der Waals surface area contributed by atoms with Gasteiger partial charge in [-0.1, -0.05) is 43.1 Å². The minimum atomic E-state index is -0.0189. The summed E-state index contributed by atoms with van der Waals surface area (Å²) in [4.78, 5) is 16.3. The highest BCUT2D eigenvalue weighted by molar-refractivity contribution is 6.38. The molecule has 0 aliphatic carbocycles. The molecule has 0 unspecified atom stereocenters. The number of carbonyl (C=O) groups excluding carboxylic acids is 1. The summed E-state index contributed by atoms with van der Waals surface area (Å²) in [6.07, 6.45) is 0.473. The number of halogens is 2. The number of nitrogens with zero attached hydrogens (tertiary/aromatic N) is 1. The molecular weight excluding hydrogens is 347 g/mol. The quantitative estimate of drug-likeness (QED) is 0.639. The fourth-order valence-corrected chi connectivity index (χ4v) is 2.92. The van der Waals surface area contributed by atoms with Crippen molar-refractivity contribution in [3.8, 4) is 11.5 Å². The Morgan fingerprint density at radius 2 is 2.04 bits per heavy atom. The van der Waals surface area contributed by atoms with Gasteiger partial charge in [-0.05, 0) is 36.2 Å². The zero-order valence-corrected chi connectivity index (χ0v) is 14.8. The first-order valence-electron chi connectivity index (χ1n) is 7.58. The predicted molar refractivity (Wildman–Crippen MR) is 97.5 cm³/mol. The largest absolute Gasteiger partial charge is 0.435 e. The maximum Gasteiger partial charge on any atom is 0.227 e. The molecule has 6 heteroatoms. The third kappa shape index (κ3) is 3.71. The highest BCUT2D eigenvalue weighted by Crippen LogP contribution is 2.32. The van der Waals surface area contributed by atoms with Gasteiger partial charge in [-0.15, -0.1) is 0 Å². The molecule has 3 rings (SSSR count). The number of hydrogen-bond acceptors (Lipinski definition) is 3. The molecule has 1 heterocycles. The zero-order valence-electron chi connectivity index (χ0n) is 13.3. The van der Waals surface area contributed by atoms with Crippen LogP contribution in [0.1, 0.15) is 20.3 Å². The van der Waals surface area contributed by atoms with Gasteiger partial charge in [0, 0.05) is 22.7 Å². The Balaban J connectivity index is 1.91. The van der Waals surface area contributed by atoms with E-state index in [1.807, 2.05) is 38.1 Å². The van der Waals surface area contributed by atoms with E-state index in [2.05, 4.69) is 10.3 Å². The summed E-state index contributed by atoms with van der Waals surface area (Å²) in [5.74, 6) is 0.709. The van der Waals surface area contributed by atoms with Crippen LogP contribution in [0.3, 0.4) is 0 Å². The highest BCUT2D eigenvalue weighted by Gasteiger charge is 2.13. The van der Waals surface area contributed by atoms with Crippen molar-refractivity contribution in [3.05, 3.63) is 46.4 Å². The van der Waals surface area contributed by atoms with E-state index in [0.29, 0.717) is 45.1 Å². The molecule has 0 aliphatic rings. The standard InChI is InChI=1S/C18H16Cl2N2O2/c1-10(2)6-16(23)21-13-5-3-4-11(7-13)18-22-15-9-12(19)8-14(20)17(15)24-18/h3-5,7-10H,6H2,1-2H3,(H,21,23). The first-order chi connectivity index (χ1) is 11.4. The highest BCUT2D eigenvalue weighted by atomic mass is 35.5. The topological polar surface area (TPSA) is 55.1 Å². The second-order valence-electron chi connectivity index (χ2n) is 5.98. The van der Waals surface area contributed by atoms with Crippen LogP contribution < -0.4 is 5.32 Å². The number of hydrogen-bond donors (Lipinski definition) is 1. The summed E-state index contributed by atoms with van der Waals surface area (Å²) in [7, 11) is 0. The molecule has 0 fully saturated rings. The predicted octanol–water partition coefficient (Wildman–Crippen LogP) is 5.79. The normalized spacial score (nSPS) is 11.2. The maximum absolute atomic E-state index is 11.9. The maximum atomic E-state index is 11.9. The number of aromatic nitrogens is 1. The lowest BCUT2D eigenvalue weighted by molar-refractivity contribution is -0.116. The summed E-state index contributed by atoms with van der Waals surface area (Å²) in [5, 5.41) is 3.80. The average molecular weight is 363 g/mol. The molecule has 0 radical (unpaired) electrons. The lowest BCUT2D eigenvalue weighted by Gasteiger charge is -2.07. The molecule has 24 heavy (non-hydrogen) atoms. The van der Waals surface area contributed by atoms with Gasteiger partial charge >= 0.3 is 0 Å². The Bertz CT molecular complexity index is 903. The molecule has 124 valence electrons. The van der Waals surface area contributed by atoms with Crippen LogP contribution in [0.2, 0.25) is 10.0 Å². The van der Waals surface area contributed by atoms with E-state index in [0.717, 1.165) is 5.56 Å². The van der Waals surface area contributed by atoms with Gasteiger partial charge in [0.2, 0.25) is 11.8 Å². The van der Waals surface area contributed by atoms with Crippen molar-refractivity contribution in [2.24, 2.45) is 5.92 Å². The SMILES string of the molecule is CC(C)CC(=O)Nc1cccc(-c2nc3cc(Cl)cc(Cl)c3o2)c1. The second-order valence-corrected chi connectivity index (χ2v) is 6.83. The number of carbonyl (C=O) groups is 1. The Kier molecular flexibility index (Phi) is 4.78. The van der Waals surface area contributed by atoms with Crippen LogP contribution in [0, 0.1) is 5.92 Å². The van der Waals surface area contributed by atoms with Gasteiger partial charge in [0.25, 0.3) is 0 Å². The van der Waals surface area contributed by atoms with E-state index in [1.54, 1.807) is 12.1 Å². The van der Waals surface area contributed by atoms with E-state index in [1.165, 1.54) is 0 Å². The van der Waals surface area contributed by atoms with Crippen LogP contribution >= 0.6 is 23.2 Å². The van der Waals surface area contributed by atoms with Crippen molar-refractivity contribution in [1.82, 2.24) is 4.98 Å². The molecule has 0 saturated heterocycles. The Hall–Kier alpha value is -2.04. The van der Waals surface area contributed by atoms with Gasteiger partial charge in [-0.25, -0.2) is 4.98 Å². The van der Waals surface area contributed by atoms with Crippen LogP contribution in [0.15, 0.2) is 40.8 Å². The van der Waals surface area contributed by atoms with Gasteiger partial charge in [-0.3, -0.25) is 4.79 Å². The number of fused-ring (bicyclic) bond motifs is 1. The molecule has 0 saturated carbocycles. The van der Waals surface area contributed by atoms with Crippen LogP contribution in [0.4, 0.5) is 5.69 Å². The first-order valence-corrected chi connectivity index (χ1v) is 8.34. The Labute approximate surface area is 149 Å². The number of amides is 1. The first kappa shape index (κ1) is 16.8. The molecule has 0 aliphatic heterocycles. The fourth-order valence-electron chi connectivity index (χ4n) is 2.40. The monoisotopic (exact) mass is 362 g/mol. The number of nitrogens with one attached hydrogen (secondary N) is 1. The molecule has 1 amide bonds. The minimum absolute atomic E-state index is 0.0189. The Morgan fingerprint density at radius 1 is 1.25 bits per heavy atom. The van der Waals surface area contributed by atoms with Crippen LogP contribution in [-0.2, 0) is 4.79 Å². The van der Waals surface area contributed by atoms with Gasteiger partial charge < -0.3 is 9.73 Å². The third-order valence-electron chi connectivity index (χ3n) is 3.40. The molecule has 1 N–H and O–H groups in total. The molecule has 0 bridgehead atoms. The second kappa shape index (κ2) is 6.83. The summed E-state index contributed by atoms with van der Waals surface area (Å²) in [5.41, 5.74) is 2.53. The van der Waals surface area contributed by atoms with Gasteiger partial charge in [0.05, 0.1) is 5.02 Å². The zero-order chi connectivity index (χ0) is 17.3. The summed E-state index contributed by atoms with van der Waals surface area (Å²) < 4.78 is 5.75. The minimum Gasteiger partial charge on any atom is -0.435 e. The van der Waals surface area contributed by atoms with Crippen LogP contribution in [0.25, 0.3) is 22.6 Å². The van der Waals surface area contributed by atoms with Crippen molar-refractivity contribution in [2.75, 3.05) is 5.32 Å². The smallest absolute Gasteiger partial charge is 0.227 e. The lowest BCUT2D eigenvalue weighted by atomic mass is 10.1. The van der Waals surface area contributed by atoms with Crippen LogP contribution in [0.5, 0.6) is 0 Å². The van der Waals surface area contributed by atoms with E-state index >= 15 is 0 Å². The summed E-state index contributed by atoms with van der Waals surface area (Å²) in [6.45, 7) is 4.01. The van der Waals surface area contributed by atoms with E-state index in [4.69, 9.17) is 27.6 Å². The van der Waals surface area contributed by atoms with E-state index in [-0.39, 0.29) is 5.91 Å². The van der Waals surface area contributed by atoms with E-state index < -0.39 is 0 Å².